The van der Waals surface area contributed by atoms with E-state index in [0.717, 1.165) is 15.1 Å². The summed E-state index contributed by atoms with van der Waals surface area (Å²) in [4.78, 5) is 9.99. The molecule has 2 aromatic heterocycles. The number of rotatable bonds is 2. The maximum atomic E-state index is 5.78. The van der Waals surface area contributed by atoms with Crippen LogP contribution >= 0.6 is 22.9 Å². The van der Waals surface area contributed by atoms with E-state index in [4.69, 9.17) is 22.3 Å². The monoisotopic (exact) mass is 228 g/mol. The highest BCUT2D eigenvalue weighted by atomic mass is 35.5. The number of nitrogens with two attached hydrogens (primary N) is 1. The fourth-order valence-corrected chi connectivity index (χ4v) is 2.33. The van der Waals surface area contributed by atoms with E-state index in [1.807, 2.05) is 19.1 Å². The number of fused-ring (bicyclic) bond motifs is 1. The predicted octanol–water partition coefficient (Wildman–Crippen LogP) is 2.90. The number of nitrogens with zero attached hydrogens (tertiary/aromatic N) is 1. The second-order valence-electron chi connectivity index (χ2n) is 2.94. The molecule has 0 saturated carbocycles. The molecule has 0 saturated heterocycles. The number of pyridine rings is 1. The summed E-state index contributed by atoms with van der Waals surface area (Å²) in [7, 11) is 0. The SMILES string of the molecule is CC(ON)c1cc2nc(Cl)ccc2s1. The molecule has 0 bridgehead atoms. The molecular formula is C9H9ClN2OS. The smallest absolute Gasteiger partial charge is 0.129 e. The summed E-state index contributed by atoms with van der Waals surface area (Å²) in [6, 6.07) is 5.67. The summed E-state index contributed by atoms with van der Waals surface area (Å²) in [5, 5.41) is 0.503. The molecule has 2 heterocycles. The number of aromatic nitrogens is 1. The Hall–Kier alpha value is -0.680. The third-order valence-corrected chi connectivity index (χ3v) is 3.42. The van der Waals surface area contributed by atoms with Gasteiger partial charge in [-0.3, -0.25) is 4.84 Å². The zero-order valence-corrected chi connectivity index (χ0v) is 9.10. The van der Waals surface area contributed by atoms with Gasteiger partial charge in [-0.15, -0.1) is 11.3 Å². The van der Waals surface area contributed by atoms with E-state index >= 15 is 0 Å². The van der Waals surface area contributed by atoms with E-state index < -0.39 is 0 Å². The van der Waals surface area contributed by atoms with Crippen molar-refractivity contribution in [2.45, 2.75) is 13.0 Å². The lowest BCUT2D eigenvalue weighted by Crippen LogP contribution is -2.03. The average Bonchev–Trinajstić information content (AvgIpc) is 2.59. The van der Waals surface area contributed by atoms with E-state index in [0.29, 0.717) is 5.15 Å². The molecule has 0 aliphatic rings. The number of hydrogen-bond donors (Lipinski definition) is 1. The van der Waals surface area contributed by atoms with Crippen molar-refractivity contribution in [3.8, 4) is 0 Å². The quantitative estimate of drug-likeness (QED) is 0.635. The Balaban J connectivity index is 2.51. The van der Waals surface area contributed by atoms with Crippen LogP contribution in [0.25, 0.3) is 10.2 Å². The van der Waals surface area contributed by atoms with Gasteiger partial charge >= 0.3 is 0 Å². The average molecular weight is 229 g/mol. The lowest BCUT2D eigenvalue weighted by molar-refractivity contribution is 0.0689. The van der Waals surface area contributed by atoms with Crippen molar-refractivity contribution in [3.05, 3.63) is 28.2 Å². The van der Waals surface area contributed by atoms with Crippen LogP contribution in [0.2, 0.25) is 5.15 Å². The van der Waals surface area contributed by atoms with Crippen molar-refractivity contribution in [1.82, 2.24) is 4.98 Å². The van der Waals surface area contributed by atoms with E-state index in [2.05, 4.69) is 4.98 Å². The second-order valence-corrected chi connectivity index (χ2v) is 4.45. The highest BCUT2D eigenvalue weighted by molar-refractivity contribution is 7.19. The molecule has 1 unspecified atom stereocenters. The summed E-state index contributed by atoms with van der Waals surface area (Å²) in [5.74, 6) is 5.12. The summed E-state index contributed by atoms with van der Waals surface area (Å²) >= 11 is 7.39. The number of thiophene rings is 1. The maximum Gasteiger partial charge on any atom is 0.129 e. The van der Waals surface area contributed by atoms with Crippen LogP contribution in [0.1, 0.15) is 17.9 Å². The van der Waals surface area contributed by atoms with Crippen LogP contribution in [-0.2, 0) is 4.84 Å². The van der Waals surface area contributed by atoms with E-state index in [1.54, 1.807) is 17.4 Å². The first-order valence-corrected chi connectivity index (χ1v) is 5.31. The van der Waals surface area contributed by atoms with Crippen LogP contribution < -0.4 is 5.90 Å². The minimum atomic E-state index is -0.104. The van der Waals surface area contributed by atoms with Crippen molar-refractivity contribution in [1.29, 1.82) is 0 Å². The molecule has 1 atom stereocenters. The lowest BCUT2D eigenvalue weighted by Gasteiger charge is -2.03. The van der Waals surface area contributed by atoms with Gasteiger partial charge in [0.1, 0.15) is 11.3 Å². The predicted molar refractivity (Wildman–Crippen MR) is 58.3 cm³/mol. The molecular weight excluding hydrogens is 220 g/mol. The summed E-state index contributed by atoms with van der Waals surface area (Å²) in [6.45, 7) is 1.90. The summed E-state index contributed by atoms with van der Waals surface area (Å²) in [6.07, 6.45) is -0.104. The molecule has 2 N–H and O–H groups in total. The number of hydrogen-bond acceptors (Lipinski definition) is 4. The second kappa shape index (κ2) is 3.82. The van der Waals surface area contributed by atoms with Gasteiger partial charge < -0.3 is 0 Å². The van der Waals surface area contributed by atoms with Gasteiger partial charge in [-0.1, -0.05) is 11.6 Å². The fraction of sp³-hybridized carbons (Fsp3) is 0.222. The van der Waals surface area contributed by atoms with Gasteiger partial charge in [0.05, 0.1) is 10.2 Å². The van der Waals surface area contributed by atoms with Crippen LogP contribution in [0.5, 0.6) is 0 Å². The largest absolute Gasteiger partial charge is 0.296 e. The Labute approximate surface area is 90.4 Å². The van der Waals surface area contributed by atoms with Crippen LogP contribution in [0.15, 0.2) is 18.2 Å². The van der Waals surface area contributed by atoms with Gasteiger partial charge in [0.2, 0.25) is 0 Å². The molecule has 74 valence electrons. The maximum absolute atomic E-state index is 5.78. The van der Waals surface area contributed by atoms with Gasteiger partial charge in [-0.25, -0.2) is 10.9 Å². The first kappa shape index (κ1) is 9.86. The van der Waals surface area contributed by atoms with Crippen LogP contribution in [0.3, 0.4) is 0 Å². The van der Waals surface area contributed by atoms with Gasteiger partial charge in [0.15, 0.2) is 0 Å². The zero-order valence-electron chi connectivity index (χ0n) is 7.53. The molecule has 2 rings (SSSR count). The van der Waals surface area contributed by atoms with Crippen molar-refractivity contribution >= 4 is 33.2 Å². The molecule has 5 heteroatoms. The molecule has 14 heavy (non-hydrogen) atoms. The van der Waals surface area contributed by atoms with Crippen LogP contribution in [0, 0.1) is 0 Å². The normalized spacial score (nSPS) is 13.4. The van der Waals surface area contributed by atoms with Gasteiger partial charge in [-0.05, 0) is 25.1 Å². The third-order valence-electron chi connectivity index (χ3n) is 1.96. The standard InChI is InChI=1S/C9H9ClN2OS/c1-5(13-11)8-4-6-7(14-8)2-3-9(10)12-6/h2-5H,11H2,1H3. The van der Waals surface area contributed by atoms with Crippen molar-refractivity contribution < 1.29 is 4.84 Å². The zero-order chi connectivity index (χ0) is 10.1. The van der Waals surface area contributed by atoms with Gasteiger partial charge in [0, 0.05) is 4.88 Å². The highest BCUT2D eigenvalue weighted by Gasteiger charge is 2.09. The molecule has 0 aliphatic heterocycles. The Morgan fingerprint density at radius 2 is 2.36 bits per heavy atom. The third kappa shape index (κ3) is 1.74. The molecule has 0 radical (unpaired) electrons. The number of halogens is 1. The molecule has 0 fully saturated rings. The molecule has 0 aliphatic carbocycles. The first-order chi connectivity index (χ1) is 6.70. The van der Waals surface area contributed by atoms with Crippen LogP contribution in [-0.4, -0.2) is 4.98 Å². The van der Waals surface area contributed by atoms with E-state index in [9.17, 15) is 0 Å². The topological polar surface area (TPSA) is 48.1 Å². The highest BCUT2D eigenvalue weighted by Crippen LogP contribution is 2.30. The Morgan fingerprint density at radius 1 is 1.57 bits per heavy atom. The van der Waals surface area contributed by atoms with Gasteiger partial charge in [-0.2, -0.15) is 0 Å². The van der Waals surface area contributed by atoms with Gasteiger partial charge in [0.25, 0.3) is 0 Å². The Bertz CT molecular complexity index is 457. The minimum Gasteiger partial charge on any atom is -0.296 e. The Morgan fingerprint density at radius 3 is 3.07 bits per heavy atom. The lowest BCUT2D eigenvalue weighted by atomic mass is 10.3. The van der Waals surface area contributed by atoms with Crippen molar-refractivity contribution in [2.75, 3.05) is 0 Å². The Kier molecular flexibility index (Phi) is 2.69. The molecule has 0 aromatic carbocycles. The summed E-state index contributed by atoms with van der Waals surface area (Å²) in [5.41, 5.74) is 0.890. The van der Waals surface area contributed by atoms with E-state index in [-0.39, 0.29) is 6.10 Å². The molecule has 2 aromatic rings. The van der Waals surface area contributed by atoms with Crippen molar-refractivity contribution in [2.24, 2.45) is 5.90 Å². The molecule has 0 spiro atoms. The molecule has 3 nitrogen and oxygen atoms in total. The van der Waals surface area contributed by atoms with E-state index in [1.165, 1.54) is 0 Å². The fourth-order valence-electron chi connectivity index (χ4n) is 1.19. The molecule has 0 amide bonds. The first-order valence-electron chi connectivity index (χ1n) is 4.12. The summed E-state index contributed by atoms with van der Waals surface area (Å²) < 4.78 is 1.09. The van der Waals surface area contributed by atoms with Crippen molar-refractivity contribution in [3.63, 3.8) is 0 Å². The minimum absolute atomic E-state index is 0.104. The van der Waals surface area contributed by atoms with Crippen LogP contribution in [0.4, 0.5) is 0 Å².